The highest BCUT2D eigenvalue weighted by atomic mass is 19.2. The number of carbonyl (C=O) groups is 2. The van der Waals surface area contributed by atoms with Crippen molar-refractivity contribution >= 4 is 28.7 Å². The molecule has 2 N–H and O–H groups in total. The third-order valence-electron chi connectivity index (χ3n) is 5.28. The number of aromatic amines is 1. The first-order valence-electron chi connectivity index (χ1n) is 9.83. The average Bonchev–Trinajstić information content (AvgIpc) is 3.25. The maximum Gasteiger partial charge on any atom is 0.296 e. The normalized spacial score (nSPS) is 16.9. The van der Waals surface area contributed by atoms with Gasteiger partial charge < -0.3 is 14.8 Å². The first-order chi connectivity index (χ1) is 15.0. The molecule has 1 atom stereocenters. The molecule has 0 spiro atoms. The summed E-state index contributed by atoms with van der Waals surface area (Å²) in [6, 6.07) is 7.52. The summed E-state index contributed by atoms with van der Waals surface area (Å²) in [5.41, 5.74) is -0.241. The Morgan fingerprint density at radius 1 is 1.19 bits per heavy atom. The highest BCUT2D eigenvalue weighted by Gasteiger charge is 2.47. The number of fused-ring (bicyclic) bond motifs is 1. The van der Waals surface area contributed by atoms with E-state index in [-0.39, 0.29) is 22.6 Å². The number of aromatic nitrogens is 2. The Labute approximate surface area is 182 Å². The van der Waals surface area contributed by atoms with Crippen LogP contribution in [0.3, 0.4) is 0 Å². The number of aliphatic hydroxyl groups is 1. The second kappa shape index (κ2) is 7.44. The lowest BCUT2D eigenvalue weighted by Crippen LogP contribution is -2.33. The SMILES string of the molecule is COc1cccc(C2C(C(=O)C(C)(C)C)=C(O)C(=O)N2c2nc3cc(F)c(F)cc3[nH]2)c1. The number of hydrogen-bond acceptors (Lipinski definition) is 5. The number of nitrogens with zero attached hydrogens (tertiary/aromatic N) is 2. The Bertz CT molecular complexity index is 1250. The fourth-order valence-corrected chi connectivity index (χ4v) is 3.69. The highest BCUT2D eigenvalue weighted by Crippen LogP contribution is 2.43. The number of anilines is 1. The zero-order valence-corrected chi connectivity index (χ0v) is 17.9. The van der Waals surface area contributed by atoms with E-state index in [0.717, 1.165) is 17.0 Å². The van der Waals surface area contributed by atoms with E-state index in [2.05, 4.69) is 9.97 Å². The van der Waals surface area contributed by atoms with Gasteiger partial charge in [-0.05, 0) is 17.7 Å². The lowest BCUT2D eigenvalue weighted by atomic mass is 9.82. The molecule has 0 saturated carbocycles. The minimum absolute atomic E-state index is 0.0638. The van der Waals surface area contributed by atoms with Gasteiger partial charge in [0.2, 0.25) is 5.95 Å². The van der Waals surface area contributed by atoms with E-state index >= 15 is 0 Å². The second-order valence-corrected chi connectivity index (χ2v) is 8.54. The topological polar surface area (TPSA) is 95.5 Å². The molecule has 32 heavy (non-hydrogen) atoms. The summed E-state index contributed by atoms with van der Waals surface area (Å²) in [6.45, 7) is 5.04. The lowest BCUT2D eigenvalue weighted by Gasteiger charge is -2.27. The number of Topliss-reactive ketones (excluding diaryl/α,β-unsaturated/α-hetero) is 1. The molecule has 1 amide bonds. The molecule has 1 aliphatic heterocycles. The predicted octanol–water partition coefficient (Wildman–Crippen LogP) is 4.36. The number of benzene rings is 2. The molecule has 1 unspecified atom stereocenters. The van der Waals surface area contributed by atoms with Crippen molar-refractivity contribution in [1.29, 1.82) is 0 Å². The molecule has 2 aromatic carbocycles. The van der Waals surface area contributed by atoms with Crippen LogP contribution in [0.15, 0.2) is 47.7 Å². The second-order valence-electron chi connectivity index (χ2n) is 8.54. The number of methoxy groups -OCH3 is 1. The molecular weight excluding hydrogens is 420 g/mol. The number of ketones is 1. The van der Waals surface area contributed by atoms with Crippen LogP contribution in [0.2, 0.25) is 0 Å². The van der Waals surface area contributed by atoms with Crippen LogP contribution in [0, 0.1) is 17.0 Å². The summed E-state index contributed by atoms with van der Waals surface area (Å²) in [4.78, 5) is 34.5. The van der Waals surface area contributed by atoms with E-state index in [9.17, 15) is 23.5 Å². The standard InChI is InChI=1S/C23H21F2N3O4/c1-23(2,3)20(30)17-18(11-6-5-7-12(8-11)32-4)28(21(31)19(17)29)22-26-15-9-13(24)14(25)10-16(15)27-22/h5-10,18,29H,1-4H3,(H,26,27). The van der Waals surface area contributed by atoms with Crippen molar-refractivity contribution in [2.75, 3.05) is 12.0 Å². The van der Waals surface area contributed by atoms with Gasteiger partial charge >= 0.3 is 0 Å². The molecule has 166 valence electrons. The molecule has 0 fully saturated rings. The lowest BCUT2D eigenvalue weighted by molar-refractivity contribution is -0.123. The summed E-state index contributed by atoms with van der Waals surface area (Å²) in [5, 5.41) is 10.7. The first-order valence-corrected chi connectivity index (χ1v) is 9.83. The van der Waals surface area contributed by atoms with Gasteiger partial charge in [0.05, 0.1) is 29.8 Å². The molecule has 1 aromatic heterocycles. The smallest absolute Gasteiger partial charge is 0.296 e. The van der Waals surface area contributed by atoms with Crippen molar-refractivity contribution in [3.05, 3.63) is 64.9 Å². The summed E-state index contributed by atoms with van der Waals surface area (Å²) in [5.74, 6) is -3.72. The molecule has 0 radical (unpaired) electrons. The minimum Gasteiger partial charge on any atom is -0.503 e. The van der Waals surface area contributed by atoms with E-state index in [4.69, 9.17) is 4.74 Å². The Balaban J connectivity index is 1.93. The predicted molar refractivity (Wildman–Crippen MR) is 113 cm³/mol. The van der Waals surface area contributed by atoms with Gasteiger partial charge in [0.15, 0.2) is 23.2 Å². The molecule has 1 aliphatic rings. The Kier molecular flexibility index (Phi) is 4.99. The summed E-state index contributed by atoms with van der Waals surface area (Å²) in [7, 11) is 1.48. The van der Waals surface area contributed by atoms with E-state index < -0.39 is 40.5 Å². The van der Waals surface area contributed by atoms with Gasteiger partial charge in [0.25, 0.3) is 5.91 Å². The fraction of sp³-hybridized carbons (Fsp3) is 0.261. The van der Waals surface area contributed by atoms with Crippen LogP contribution >= 0.6 is 0 Å². The first kappa shape index (κ1) is 21.5. The van der Waals surface area contributed by atoms with E-state index in [1.165, 1.54) is 7.11 Å². The highest BCUT2D eigenvalue weighted by molar-refractivity contribution is 6.17. The minimum atomic E-state index is -1.09. The molecule has 0 aliphatic carbocycles. The third kappa shape index (κ3) is 3.39. The number of imidazole rings is 1. The van der Waals surface area contributed by atoms with Crippen LogP contribution < -0.4 is 9.64 Å². The van der Waals surface area contributed by atoms with Gasteiger partial charge in [-0.2, -0.15) is 0 Å². The van der Waals surface area contributed by atoms with Crippen molar-refractivity contribution in [2.45, 2.75) is 26.8 Å². The molecule has 3 aromatic rings. The number of H-pyrrole nitrogens is 1. The molecule has 0 bridgehead atoms. The maximum atomic E-state index is 13.7. The number of carbonyl (C=O) groups excluding carboxylic acids is 2. The zero-order chi connectivity index (χ0) is 23.4. The molecule has 0 saturated heterocycles. The Morgan fingerprint density at radius 3 is 2.53 bits per heavy atom. The molecule has 9 heteroatoms. The number of aliphatic hydroxyl groups excluding tert-OH is 1. The Morgan fingerprint density at radius 2 is 1.88 bits per heavy atom. The van der Waals surface area contributed by atoms with Gasteiger partial charge in [-0.1, -0.05) is 32.9 Å². The van der Waals surface area contributed by atoms with Crippen molar-refractivity contribution in [3.8, 4) is 5.75 Å². The number of amides is 1. The van der Waals surface area contributed by atoms with Crippen molar-refractivity contribution in [1.82, 2.24) is 9.97 Å². The van der Waals surface area contributed by atoms with Crippen molar-refractivity contribution in [2.24, 2.45) is 5.41 Å². The summed E-state index contributed by atoms with van der Waals surface area (Å²) in [6.07, 6.45) is 0. The molecular formula is C23H21F2N3O4. The fourth-order valence-electron chi connectivity index (χ4n) is 3.69. The number of rotatable bonds is 4. The quantitative estimate of drug-likeness (QED) is 0.627. The van der Waals surface area contributed by atoms with Gasteiger partial charge in [0, 0.05) is 17.5 Å². The van der Waals surface area contributed by atoms with E-state index in [0.29, 0.717) is 11.3 Å². The maximum absolute atomic E-state index is 13.7. The average molecular weight is 441 g/mol. The van der Waals surface area contributed by atoms with Gasteiger partial charge in [-0.25, -0.2) is 13.8 Å². The Hall–Kier alpha value is -3.75. The largest absolute Gasteiger partial charge is 0.503 e. The van der Waals surface area contributed by atoms with Crippen LogP contribution in [0.25, 0.3) is 11.0 Å². The van der Waals surface area contributed by atoms with Gasteiger partial charge in [0.1, 0.15) is 5.75 Å². The summed E-state index contributed by atoms with van der Waals surface area (Å²) < 4.78 is 32.6. The van der Waals surface area contributed by atoms with Crippen LogP contribution in [0.1, 0.15) is 32.4 Å². The zero-order valence-electron chi connectivity index (χ0n) is 17.9. The summed E-state index contributed by atoms with van der Waals surface area (Å²) >= 11 is 0. The monoisotopic (exact) mass is 441 g/mol. The number of ether oxygens (including phenoxy) is 1. The third-order valence-corrected chi connectivity index (χ3v) is 5.28. The van der Waals surface area contributed by atoms with Crippen LogP contribution in [0.4, 0.5) is 14.7 Å². The number of hydrogen-bond donors (Lipinski definition) is 2. The number of halogens is 2. The van der Waals surface area contributed by atoms with Crippen LogP contribution in [-0.4, -0.2) is 33.9 Å². The molecule has 7 nitrogen and oxygen atoms in total. The van der Waals surface area contributed by atoms with Crippen LogP contribution in [-0.2, 0) is 9.59 Å². The van der Waals surface area contributed by atoms with Crippen molar-refractivity contribution in [3.63, 3.8) is 0 Å². The van der Waals surface area contributed by atoms with E-state index in [1.807, 2.05) is 0 Å². The number of nitrogens with one attached hydrogen (secondary N) is 1. The van der Waals surface area contributed by atoms with Crippen molar-refractivity contribution < 1.29 is 28.2 Å². The van der Waals surface area contributed by atoms with Gasteiger partial charge in [-0.3, -0.25) is 14.5 Å². The molecule has 2 heterocycles. The van der Waals surface area contributed by atoms with E-state index in [1.54, 1.807) is 45.0 Å². The van der Waals surface area contributed by atoms with Gasteiger partial charge in [-0.15, -0.1) is 0 Å². The van der Waals surface area contributed by atoms with Crippen LogP contribution in [0.5, 0.6) is 5.75 Å². The molecule has 4 rings (SSSR count).